The van der Waals surface area contributed by atoms with Crippen LogP contribution in [0.15, 0.2) is 53.1 Å². The molecule has 0 aliphatic carbocycles. The maximum absolute atomic E-state index is 13.2. The molecule has 1 aromatic carbocycles. The van der Waals surface area contributed by atoms with Gasteiger partial charge >= 0.3 is 6.09 Å². The fourth-order valence-electron chi connectivity index (χ4n) is 3.34. The molecular weight excluding hydrogens is 349 g/mol. The second-order valence-corrected chi connectivity index (χ2v) is 6.50. The molecule has 1 N–H and O–H groups in total. The van der Waals surface area contributed by atoms with E-state index in [1.54, 1.807) is 18.3 Å². The summed E-state index contributed by atoms with van der Waals surface area (Å²) in [7, 11) is 0. The number of aromatic nitrogens is 2. The molecule has 0 unspecified atom stereocenters. The number of carboxylic acid groups (broad SMARTS) is 1. The summed E-state index contributed by atoms with van der Waals surface area (Å²) in [5.41, 5.74) is 2.04. The minimum atomic E-state index is -0.900. The molecule has 3 aromatic rings. The van der Waals surface area contributed by atoms with Gasteiger partial charge in [-0.3, -0.25) is 4.98 Å². The van der Waals surface area contributed by atoms with Crippen LogP contribution in [0.4, 0.5) is 9.18 Å². The van der Waals surface area contributed by atoms with E-state index in [1.807, 2.05) is 18.2 Å². The monoisotopic (exact) mass is 367 g/mol. The van der Waals surface area contributed by atoms with E-state index in [0.29, 0.717) is 54.5 Å². The third kappa shape index (κ3) is 3.53. The van der Waals surface area contributed by atoms with Crippen LogP contribution >= 0.6 is 0 Å². The second kappa shape index (κ2) is 7.19. The smallest absolute Gasteiger partial charge is 0.407 e. The summed E-state index contributed by atoms with van der Waals surface area (Å²) in [5.74, 6) is 0.847. The lowest BCUT2D eigenvalue weighted by Crippen LogP contribution is -2.36. The van der Waals surface area contributed by atoms with Crippen LogP contribution in [-0.2, 0) is 0 Å². The maximum atomic E-state index is 13.2. The first-order valence-corrected chi connectivity index (χ1v) is 8.78. The number of halogens is 1. The van der Waals surface area contributed by atoms with E-state index < -0.39 is 6.09 Å². The molecule has 1 aliphatic rings. The van der Waals surface area contributed by atoms with E-state index in [1.165, 1.54) is 17.0 Å². The standard InChI is InChI=1S/C20H18FN3O3/c21-15-6-4-14(5-7-15)19-23-17(16-3-1-2-10-22-16)18(27-19)13-8-11-24(12-9-13)20(25)26/h1-7,10,13H,8-9,11-12H2,(H,25,26). The Morgan fingerprint density at radius 1 is 1.15 bits per heavy atom. The lowest BCUT2D eigenvalue weighted by atomic mass is 9.92. The fourth-order valence-corrected chi connectivity index (χ4v) is 3.34. The summed E-state index contributed by atoms with van der Waals surface area (Å²) in [6, 6.07) is 11.6. The van der Waals surface area contributed by atoms with Crippen molar-refractivity contribution in [3.8, 4) is 22.8 Å². The molecule has 0 atom stereocenters. The van der Waals surface area contributed by atoms with Gasteiger partial charge in [-0.15, -0.1) is 0 Å². The number of rotatable bonds is 3. The van der Waals surface area contributed by atoms with E-state index in [0.717, 1.165) is 0 Å². The first-order chi connectivity index (χ1) is 13.1. The largest absolute Gasteiger partial charge is 0.465 e. The van der Waals surface area contributed by atoms with Crippen molar-refractivity contribution in [1.82, 2.24) is 14.9 Å². The number of amides is 1. The van der Waals surface area contributed by atoms with Crippen molar-refractivity contribution >= 4 is 6.09 Å². The van der Waals surface area contributed by atoms with Crippen LogP contribution < -0.4 is 0 Å². The van der Waals surface area contributed by atoms with Crippen LogP contribution in [0.1, 0.15) is 24.5 Å². The van der Waals surface area contributed by atoms with Crippen LogP contribution in [0.3, 0.4) is 0 Å². The average molecular weight is 367 g/mol. The van der Waals surface area contributed by atoms with Crippen molar-refractivity contribution in [2.45, 2.75) is 18.8 Å². The number of pyridine rings is 1. The maximum Gasteiger partial charge on any atom is 0.407 e. The Labute approximate surface area is 155 Å². The molecule has 27 heavy (non-hydrogen) atoms. The molecule has 3 heterocycles. The molecule has 138 valence electrons. The Morgan fingerprint density at radius 3 is 2.52 bits per heavy atom. The number of benzene rings is 1. The van der Waals surface area contributed by atoms with Gasteiger partial charge in [0.25, 0.3) is 0 Å². The highest BCUT2D eigenvalue weighted by molar-refractivity contribution is 5.66. The molecule has 6 nitrogen and oxygen atoms in total. The number of hydrogen-bond acceptors (Lipinski definition) is 4. The van der Waals surface area contributed by atoms with Gasteiger partial charge in [0.05, 0.1) is 5.69 Å². The number of nitrogens with zero attached hydrogens (tertiary/aromatic N) is 3. The minimum Gasteiger partial charge on any atom is -0.465 e. The minimum absolute atomic E-state index is 0.0549. The lowest BCUT2D eigenvalue weighted by molar-refractivity contribution is 0.130. The van der Waals surface area contributed by atoms with Crippen molar-refractivity contribution in [2.75, 3.05) is 13.1 Å². The topological polar surface area (TPSA) is 79.5 Å². The summed E-state index contributed by atoms with van der Waals surface area (Å²) in [6.45, 7) is 0.905. The molecule has 0 spiro atoms. The van der Waals surface area contributed by atoms with Gasteiger partial charge in [-0.2, -0.15) is 0 Å². The van der Waals surface area contributed by atoms with Crippen LogP contribution in [0.25, 0.3) is 22.8 Å². The van der Waals surface area contributed by atoms with Gasteiger partial charge in [0, 0.05) is 30.8 Å². The number of likely N-dealkylation sites (tertiary alicyclic amines) is 1. The van der Waals surface area contributed by atoms with Crippen LogP contribution in [0, 0.1) is 5.82 Å². The van der Waals surface area contributed by atoms with Gasteiger partial charge in [-0.05, 0) is 49.2 Å². The summed E-state index contributed by atoms with van der Waals surface area (Å²) < 4.78 is 19.3. The normalized spacial score (nSPS) is 15.1. The van der Waals surface area contributed by atoms with Gasteiger partial charge in [0.1, 0.15) is 17.3 Å². The Hall–Kier alpha value is -3.22. The molecule has 0 bridgehead atoms. The van der Waals surface area contributed by atoms with Gasteiger partial charge in [0.2, 0.25) is 5.89 Å². The zero-order valence-corrected chi connectivity index (χ0v) is 14.5. The fraction of sp³-hybridized carbons (Fsp3) is 0.250. The number of piperidine rings is 1. The summed E-state index contributed by atoms with van der Waals surface area (Å²) >= 11 is 0. The highest BCUT2D eigenvalue weighted by Crippen LogP contribution is 2.37. The van der Waals surface area contributed by atoms with Gasteiger partial charge in [0.15, 0.2) is 0 Å². The molecule has 4 rings (SSSR count). The van der Waals surface area contributed by atoms with Crippen molar-refractivity contribution < 1.29 is 18.7 Å². The van der Waals surface area contributed by atoms with Crippen LogP contribution in [0.5, 0.6) is 0 Å². The van der Waals surface area contributed by atoms with E-state index >= 15 is 0 Å². The SMILES string of the molecule is O=C(O)N1CCC(c2oc(-c3ccc(F)cc3)nc2-c2ccccn2)CC1. The molecule has 1 fully saturated rings. The molecule has 1 amide bonds. The number of oxazole rings is 1. The third-order valence-electron chi connectivity index (χ3n) is 4.79. The van der Waals surface area contributed by atoms with E-state index in [2.05, 4.69) is 9.97 Å². The highest BCUT2D eigenvalue weighted by atomic mass is 19.1. The zero-order chi connectivity index (χ0) is 18.8. The van der Waals surface area contributed by atoms with Crippen LogP contribution in [0.2, 0.25) is 0 Å². The Balaban J connectivity index is 1.71. The van der Waals surface area contributed by atoms with Gasteiger partial charge < -0.3 is 14.4 Å². The summed E-state index contributed by atoms with van der Waals surface area (Å²) in [4.78, 5) is 21.6. The second-order valence-electron chi connectivity index (χ2n) is 6.50. The summed E-state index contributed by atoms with van der Waals surface area (Å²) in [6.07, 6.45) is 2.11. The van der Waals surface area contributed by atoms with Crippen molar-refractivity contribution in [3.05, 3.63) is 60.2 Å². The van der Waals surface area contributed by atoms with Crippen molar-refractivity contribution in [1.29, 1.82) is 0 Å². The Kier molecular flexibility index (Phi) is 4.58. The molecule has 7 heteroatoms. The first kappa shape index (κ1) is 17.2. The molecular formula is C20H18FN3O3. The van der Waals surface area contributed by atoms with Crippen molar-refractivity contribution in [2.24, 2.45) is 0 Å². The molecule has 0 saturated carbocycles. The highest BCUT2D eigenvalue weighted by Gasteiger charge is 2.29. The third-order valence-corrected chi connectivity index (χ3v) is 4.79. The quantitative estimate of drug-likeness (QED) is 0.742. The Morgan fingerprint density at radius 2 is 1.89 bits per heavy atom. The van der Waals surface area contributed by atoms with Crippen molar-refractivity contribution in [3.63, 3.8) is 0 Å². The lowest BCUT2D eigenvalue weighted by Gasteiger charge is -2.29. The van der Waals surface area contributed by atoms with E-state index in [-0.39, 0.29) is 11.7 Å². The molecule has 0 radical (unpaired) electrons. The van der Waals surface area contributed by atoms with E-state index in [4.69, 9.17) is 9.52 Å². The Bertz CT molecular complexity index is 933. The van der Waals surface area contributed by atoms with Gasteiger partial charge in [-0.25, -0.2) is 14.2 Å². The zero-order valence-electron chi connectivity index (χ0n) is 14.5. The first-order valence-electron chi connectivity index (χ1n) is 8.78. The predicted octanol–water partition coefficient (Wildman–Crippen LogP) is 4.40. The average Bonchev–Trinajstić information content (AvgIpc) is 3.15. The summed E-state index contributed by atoms with van der Waals surface area (Å²) in [5, 5.41) is 9.15. The molecule has 2 aromatic heterocycles. The van der Waals surface area contributed by atoms with Gasteiger partial charge in [-0.1, -0.05) is 6.07 Å². The predicted molar refractivity (Wildman–Crippen MR) is 96.7 cm³/mol. The van der Waals surface area contributed by atoms with Crippen LogP contribution in [-0.4, -0.2) is 39.2 Å². The van der Waals surface area contributed by atoms with E-state index in [9.17, 15) is 9.18 Å². The number of hydrogen-bond donors (Lipinski definition) is 1. The molecule has 1 aliphatic heterocycles. The molecule has 1 saturated heterocycles. The number of carbonyl (C=O) groups is 1.